The fourth-order valence-electron chi connectivity index (χ4n) is 1.11. The number of aromatic nitrogens is 9. The summed E-state index contributed by atoms with van der Waals surface area (Å²) < 4.78 is 1.39. The van der Waals surface area contributed by atoms with Crippen molar-refractivity contribution in [2.24, 2.45) is 0 Å². The first-order chi connectivity index (χ1) is 8.81. The van der Waals surface area contributed by atoms with Gasteiger partial charge in [0.05, 0.1) is 0 Å². The van der Waals surface area contributed by atoms with Crippen molar-refractivity contribution in [3.05, 3.63) is 24.3 Å². The minimum absolute atomic E-state index is 0.0671. The number of nitrogens with one attached hydrogen (secondary N) is 1. The maximum absolute atomic E-state index is 5.82. The third-order valence-electron chi connectivity index (χ3n) is 1.78. The molecule has 0 aliphatic rings. The average Bonchev–Trinajstić information content (AvgIpc) is 3.00. The number of hydrogen-bond donors (Lipinski definition) is 1. The number of hydrogen-bond acceptors (Lipinski definition) is 8. The Kier molecular flexibility index (Phi) is 2.86. The van der Waals surface area contributed by atoms with Gasteiger partial charge in [-0.25, -0.2) is 9.97 Å². The molecular weight excluding hydrogens is 278 g/mol. The van der Waals surface area contributed by atoms with Crippen molar-refractivity contribution in [3.8, 4) is 5.95 Å². The molecule has 0 aliphatic carbocycles. The van der Waals surface area contributed by atoms with Crippen LogP contribution in [0.15, 0.2) is 29.3 Å². The molecule has 11 heteroatoms. The van der Waals surface area contributed by atoms with E-state index in [4.69, 9.17) is 11.6 Å². The van der Waals surface area contributed by atoms with Crippen LogP contribution in [0, 0.1) is 0 Å². The van der Waals surface area contributed by atoms with E-state index in [2.05, 4.69) is 40.2 Å². The maximum Gasteiger partial charge on any atom is 0.257 e. The Morgan fingerprint density at radius 2 is 2.17 bits per heavy atom. The predicted octanol–water partition coefficient (Wildman–Crippen LogP) is 0.375. The van der Waals surface area contributed by atoms with Crippen molar-refractivity contribution in [2.45, 2.75) is 10.3 Å². The number of aromatic amines is 1. The highest BCUT2D eigenvalue weighted by Gasteiger charge is 2.10. The molecule has 0 spiro atoms. The van der Waals surface area contributed by atoms with E-state index in [1.54, 1.807) is 0 Å². The van der Waals surface area contributed by atoms with E-state index in [9.17, 15) is 0 Å². The lowest BCUT2D eigenvalue weighted by Gasteiger charge is -2.01. The van der Waals surface area contributed by atoms with E-state index < -0.39 is 0 Å². The summed E-state index contributed by atoms with van der Waals surface area (Å²) in [5, 5.41) is 11.3. The highest BCUT2D eigenvalue weighted by Crippen LogP contribution is 2.21. The largest absolute Gasteiger partial charge is 0.257 e. The molecule has 1 N–H and O–H groups in total. The van der Waals surface area contributed by atoms with E-state index in [0.717, 1.165) is 0 Å². The Bertz CT molecular complexity index is 637. The van der Waals surface area contributed by atoms with Gasteiger partial charge in [0, 0.05) is 0 Å². The normalized spacial score (nSPS) is 10.7. The second kappa shape index (κ2) is 4.66. The van der Waals surface area contributed by atoms with Gasteiger partial charge < -0.3 is 0 Å². The zero-order valence-corrected chi connectivity index (χ0v) is 10.2. The van der Waals surface area contributed by atoms with E-state index in [1.165, 1.54) is 35.4 Å². The third kappa shape index (κ3) is 2.28. The summed E-state index contributed by atoms with van der Waals surface area (Å²) in [7, 11) is 0. The van der Waals surface area contributed by atoms with Gasteiger partial charge in [-0.1, -0.05) is 0 Å². The molecule has 0 unspecified atom stereocenters. The summed E-state index contributed by atoms with van der Waals surface area (Å²) in [6, 6.07) is 0. The van der Waals surface area contributed by atoms with Gasteiger partial charge in [0.1, 0.15) is 19.0 Å². The molecule has 3 aromatic heterocycles. The van der Waals surface area contributed by atoms with Crippen LogP contribution in [0.25, 0.3) is 5.95 Å². The summed E-state index contributed by atoms with van der Waals surface area (Å²) in [5.41, 5.74) is 0. The van der Waals surface area contributed by atoms with Gasteiger partial charge in [0.2, 0.25) is 10.4 Å². The molecule has 0 radical (unpaired) electrons. The van der Waals surface area contributed by atoms with Gasteiger partial charge in [0.15, 0.2) is 5.16 Å². The summed E-state index contributed by atoms with van der Waals surface area (Å²) in [6.07, 6.45) is 4.24. The van der Waals surface area contributed by atoms with Crippen LogP contribution in [0.4, 0.5) is 0 Å². The van der Waals surface area contributed by atoms with Gasteiger partial charge >= 0.3 is 0 Å². The molecule has 0 saturated heterocycles. The molecule has 0 amide bonds. The highest BCUT2D eigenvalue weighted by molar-refractivity contribution is 7.99. The molecule has 3 heterocycles. The molecule has 3 aromatic rings. The van der Waals surface area contributed by atoms with E-state index in [-0.39, 0.29) is 11.2 Å². The first-order valence-corrected chi connectivity index (χ1v) is 5.80. The smallest absolute Gasteiger partial charge is 0.254 e. The topological polar surface area (TPSA) is 111 Å². The fourth-order valence-corrected chi connectivity index (χ4v) is 1.95. The number of rotatable bonds is 3. The Morgan fingerprint density at radius 3 is 2.89 bits per heavy atom. The lowest BCUT2D eigenvalue weighted by Crippen LogP contribution is -2.04. The minimum atomic E-state index is 0.0671. The second-order valence-electron chi connectivity index (χ2n) is 2.92. The summed E-state index contributed by atoms with van der Waals surface area (Å²) in [6.45, 7) is 0. The Balaban J connectivity index is 1.96. The summed E-state index contributed by atoms with van der Waals surface area (Å²) in [5.74, 6) is 0.287. The Morgan fingerprint density at radius 1 is 1.22 bits per heavy atom. The molecular formula is C7H4ClN9S. The summed E-state index contributed by atoms with van der Waals surface area (Å²) >= 11 is 7.01. The van der Waals surface area contributed by atoms with Crippen molar-refractivity contribution in [3.63, 3.8) is 0 Å². The zero-order chi connectivity index (χ0) is 12.4. The third-order valence-corrected chi connectivity index (χ3v) is 2.70. The van der Waals surface area contributed by atoms with E-state index >= 15 is 0 Å². The minimum Gasteiger partial charge on any atom is -0.254 e. The van der Waals surface area contributed by atoms with Crippen molar-refractivity contribution >= 4 is 23.4 Å². The maximum atomic E-state index is 5.82. The first-order valence-electron chi connectivity index (χ1n) is 4.61. The van der Waals surface area contributed by atoms with E-state index in [0.29, 0.717) is 10.3 Å². The van der Waals surface area contributed by atoms with Crippen LogP contribution in [0.5, 0.6) is 0 Å². The quantitative estimate of drug-likeness (QED) is 0.733. The van der Waals surface area contributed by atoms with Crippen molar-refractivity contribution < 1.29 is 0 Å². The van der Waals surface area contributed by atoms with Crippen LogP contribution in [0.1, 0.15) is 0 Å². The molecule has 0 saturated carbocycles. The van der Waals surface area contributed by atoms with Crippen molar-refractivity contribution in [1.29, 1.82) is 0 Å². The molecule has 9 nitrogen and oxygen atoms in total. The van der Waals surface area contributed by atoms with Crippen molar-refractivity contribution in [1.82, 2.24) is 44.9 Å². The van der Waals surface area contributed by atoms with Crippen LogP contribution in [0.2, 0.25) is 5.28 Å². The summed E-state index contributed by atoms with van der Waals surface area (Å²) in [4.78, 5) is 19.9. The molecule has 90 valence electrons. The SMILES string of the molecule is Clc1nc(Sc2ncn[nH]2)nc(-n2cncn2)n1. The van der Waals surface area contributed by atoms with Crippen molar-refractivity contribution in [2.75, 3.05) is 0 Å². The Hall–Kier alpha value is -2.07. The second-order valence-corrected chi connectivity index (χ2v) is 4.21. The highest BCUT2D eigenvalue weighted by atomic mass is 35.5. The van der Waals surface area contributed by atoms with Crippen LogP contribution in [-0.2, 0) is 0 Å². The number of H-pyrrole nitrogens is 1. The Labute approximate surface area is 109 Å². The zero-order valence-electron chi connectivity index (χ0n) is 8.60. The van der Waals surface area contributed by atoms with Crippen LogP contribution >= 0.6 is 23.4 Å². The van der Waals surface area contributed by atoms with Gasteiger partial charge in [-0.05, 0) is 23.4 Å². The number of nitrogens with zero attached hydrogens (tertiary/aromatic N) is 8. The standard InChI is InChI=1S/C7H4ClN9S/c8-4-13-5(17-3-9-1-12-17)15-7(14-4)18-6-10-2-11-16-6/h1-3H,(H,10,11,16). The fraction of sp³-hybridized carbons (Fsp3) is 0. The molecule has 0 aliphatic heterocycles. The average molecular weight is 282 g/mol. The molecule has 18 heavy (non-hydrogen) atoms. The molecule has 0 atom stereocenters. The van der Waals surface area contributed by atoms with Gasteiger partial charge in [-0.15, -0.1) is 0 Å². The molecule has 3 rings (SSSR count). The predicted molar refractivity (Wildman–Crippen MR) is 60.3 cm³/mol. The number of halogens is 1. The van der Waals surface area contributed by atoms with Gasteiger partial charge in [-0.2, -0.15) is 29.8 Å². The molecule has 0 aromatic carbocycles. The van der Waals surface area contributed by atoms with E-state index in [1.807, 2.05) is 0 Å². The lowest BCUT2D eigenvalue weighted by molar-refractivity contribution is 0.756. The first kappa shape index (κ1) is 11.0. The lowest BCUT2D eigenvalue weighted by atomic mass is 10.9. The molecule has 0 fully saturated rings. The van der Waals surface area contributed by atoms with Gasteiger partial charge in [-0.3, -0.25) is 5.10 Å². The van der Waals surface area contributed by atoms with Gasteiger partial charge in [0.25, 0.3) is 5.95 Å². The van der Waals surface area contributed by atoms with Crippen LogP contribution in [0.3, 0.4) is 0 Å². The van der Waals surface area contributed by atoms with Crippen LogP contribution < -0.4 is 0 Å². The molecule has 0 bridgehead atoms. The monoisotopic (exact) mass is 281 g/mol. The van der Waals surface area contributed by atoms with Crippen LogP contribution in [-0.4, -0.2) is 44.9 Å².